The number of piperidine rings is 1. The Bertz CT molecular complexity index is 648. The smallest absolute Gasteiger partial charge is 0.257 e. The van der Waals surface area contributed by atoms with Crippen molar-refractivity contribution in [2.24, 2.45) is 0 Å². The number of amides is 1. The molecular weight excluding hydrogens is 282 g/mol. The van der Waals surface area contributed by atoms with Gasteiger partial charge < -0.3 is 9.42 Å². The van der Waals surface area contributed by atoms with Crippen LogP contribution in [0.5, 0.6) is 0 Å². The number of carbonyl (C=O) groups excluding carboxylic acids is 1. The third-order valence-electron chi connectivity index (χ3n) is 4.06. The van der Waals surface area contributed by atoms with Crippen LogP contribution in [0.2, 0.25) is 0 Å². The second kappa shape index (κ2) is 6.29. The summed E-state index contributed by atoms with van der Waals surface area (Å²) in [5, 5.41) is 8.12. The molecule has 7 heteroatoms. The van der Waals surface area contributed by atoms with Gasteiger partial charge in [-0.15, -0.1) is 0 Å². The molecule has 1 saturated heterocycles. The van der Waals surface area contributed by atoms with Crippen molar-refractivity contribution in [3.63, 3.8) is 0 Å². The number of likely N-dealkylation sites (tertiary alicyclic amines) is 1. The fourth-order valence-corrected chi connectivity index (χ4v) is 2.77. The average Bonchev–Trinajstić information content (AvgIpc) is 3.23. The third-order valence-corrected chi connectivity index (χ3v) is 4.06. The van der Waals surface area contributed by atoms with Crippen molar-refractivity contribution in [3.8, 4) is 0 Å². The lowest BCUT2D eigenvalue weighted by molar-refractivity contribution is 0.0695. The van der Waals surface area contributed by atoms with Gasteiger partial charge in [0.05, 0.1) is 17.7 Å². The highest BCUT2D eigenvalue weighted by atomic mass is 16.5. The molecule has 0 saturated carbocycles. The van der Waals surface area contributed by atoms with E-state index in [-0.39, 0.29) is 11.8 Å². The van der Waals surface area contributed by atoms with Crippen LogP contribution in [-0.2, 0) is 13.0 Å². The Kier molecular flexibility index (Phi) is 4.22. The van der Waals surface area contributed by atoms with Crippen molar-refractivity contribution in [1.29, 1.82) is 0 Å². The van der Waals surface area contributed by atoms with Gasteiger partial charge in [0.25, 0.3) is 5.91 Å². The number of nitrogens with zero attached hydrogens (tertiary/aromatic N) is 5. The first-order valence-corrected chi connectivity index (χ1v) is 7.85. The Morgan fingerprint density at radius 3 is 3.00 bits per heavy atom. The number of hydrogen-bond donors (Lipinski definition) is 0. The molecule has 0 N–H and O–H groups in total. The van der Waals surface area contributed by atoms with Crippen LogP contribution in [0.3, 0.4) is 0 Å². The number of carbonyl (C=O) groups is 1. The van der Waals surface area contributed by atoms with Gasteiger partial charge in [-0.05, 0) is 19.8 Å². The Morgan fingerprint density at radius 2 is 2.32 bits per heavy atom. The predicted molar refractivity (Wildman–Crippen MR) is 79.5 cm³/mol. The molecule has 0 aromatic carbocycles. The molecule has 1 aliphatic heterocycles. The Balaban J connectivity index is 1.70. The second-order valence-electron chi connectivity index (χ2n) is 5.58. The van der Waals surface area contributed by atoms with Gasteiger partial charge >= 0.3 is 0 Å². The van der Waals surface area contributed by atoms with E-state index in [1.807, 2.05) is 18.7 Å². The highest BCUT2D eigenvalue weighted by Gasteiger charge is 2.29. The molecule has 0 aliphatic carbocycles. The molecule has 0 radical (unpaired) electrons. The summed E-state index contributed by atoms with van der Waals surface area (Å²) in [4.78, 5) is 18.8. The minimum absolute atomic E-state index is 0.0274. The van der Waals surface area contributed by atoms with Crippen molar-refractivity contribution < 1.29 is 9.32 Å². The summed E-state index contributed by atoms with van der Waals surface area (Å²) in [6, 6.07) is 0. The number of aromatic nitrogens is 4. The number of hydrogen-bond acceptors (Lipinski definition) is 5. The van der Waals surface area contributed by atoms with E-state index >= 15 is 0 Å². The molecular formula is C15H21N5O2. The van der Waals surface area contributed by atoms with Crippen LogP contribution in [0, 0.1) is 0 Å². The standard InChI is InChI=1S/C15H21N5O2/c1-3-13-17-14(22-18-13)11-6-5-7-19(9-11)15(21)12-8-16-20(4-2)10-12/h8,10-11H,3-7,9H2,1-2H3/t11-/m0/s1. The Morgan fingerprint density at radius 1 is 1.45 bits per heavy atom. The van der Waals surface area contributed by atoms with Crippen molar-refractivity contribution >= 4 is 5.91 Å². The second-order valence-corrected chi connectivity index (χ2v) is 5.58. The van der Waals surface area contributed by atoms with E-state index in [9.17, 15) is 4.79 Å². The largest absolute Gasteiger partial charge is 0.339 e. The fraction of sp³-hybridized carbons (Fsp3) is 0.600. The molecule has 0 spiro atoms. The molecule has 7 nitrogen and oxygen atoms in total. The molecule has 118 valence electrons. The molecule has 3 rings (SSSR count). The molecule has 1 amide bonds. The fourth-order valence-electron chi connectivity index (χ4n) is 2.77. The minimum Gasteiger partial charge on any atom is -0.339 e. The van der Waals surface area contributed by atoms with Gasteiger partial charge in [0.1, 0.15) is 0 Å². The van der Waals surface area contributed by atoms with Crippen LogP contribution in [0.15, 0.2) is 16.9 Å². The molecule has 1 fully saturated rings. The topological polar surface area (TPSA) is 77.0 Å². The van der Waals surface area contributed by atoms with Crippen LogP contribution < -0.4 is 0 Å². The van der Waals surface area contributed by atoms with Gasteiger partial charge in [-0.1, -0.05) is 12.1 Å². The molecule has 3 heterocycles. The monoisotopic (exact) mass is 303 g/mol. The number of aryl methyl sites for hydroxylation is 2. The first kappa shape index (κ1) is 14.7. The Labute approximate surface area is 129 Å². The minimum atomic E-state index is 0.0274. The highest BCUT2D eigenvalue weighted by Crippen LogP contribution is 2.26. The molecule has 0 unspecified atom stereocenters. The van der Waals surface area contributed by atoms with E-state index in [0.29, 0.717) is 18.0 Å². The molecule has 1 aliphatic rings. The lowest BCUT2D eigenvalue weighted by Gasteiger charge is -2.30. The zero-order chi connectivity index (χ0) is 15.5. The van der Waals surface area contributed by atoms with E-state index in [0.717, 1.165) is 38.2 Å². The van der Waals surface area contributed by atoms with Crippen molar-refractivity contribution in [3.05, 3.63) is 29.7 Å². The molecule has 22 heavy (non-hydrogen) atoms. The van der Waals surface area contributed by atoms with E-state index in [1.165, 1.54) is 0 Å². The SMILES string of the molecule is CCc1noc([C@H]2CCCN(C(=O)c3cnn(CC)c3)C2)n1. The van der Waals surface area contributed by atoms with Gasteiger partial charge in [0.2, 0.25) is 5.89 Å². The van der Waals surface area contributed by atoms with Gasteiger partial charge in [-0.3, -0.25) is 9.48 Å². The first-order valence-electron chi connectivity index (χ1n) is 7.85. The van der Waals surface area contributed by atoms with E-state index < -0.39 is 0 Å². The summed E-state index contributed by atoms with van der Waals surface area (Å²) in [5.74, 6) is 1.53. The van der Waals surface area contributed by atoms with Crippen LogP contribution >= 0.6 is 0 Å². The quantitative estimate of drug-likeness (QED) is 0.861. The van der Waals surface area contributed by atoms with Crippen LogP contribution in [0.25, 0.3) is 0 Å². The predicted octanol–water partition coefficient (Wildman–Crippen LogP) is 1.87. The molecule has 0 bridgehead atoms. The summed E-state index contributed by atoms with van der Waals surface area (Å²) in [5.41, 5.74) is 0.641. The van der Waals surface area contributed by atoms with Gasteiger partial charge in [-0.25, -0.2) is 0 Å². The average molecular weight is 303 g/mol. The van der Waals surface area contributed by atoms with Crippen molar-refractivity contribution in [2.75, 3.05) is 13.1 Å². The van der Waals surface area contributed by atoms with E-state index in [4.69, 9.17) is 4.52 Å². The first-order chi connectivity index (χ1) is 10.7. The summed E-state index contributed by atoms with van der Waals surface area (Å²) in [6.45, 7) is 6.15. The normalized spacial score (nSPS) is 18.6. The third kappa shape index (κ3) is 2.88. The van der Waals surface area contributed by atoms with E-state index in [2.05, 4.69) is 15.2 Å². The maximum Gasteiger partial charge on any atom is 0.257 e. The summed E-state index contributed by atoms with van der Waals surface area (Å²) >= 11 is 0. The number of rotatable bonds is 4. The lowest BCUT2D eigenvalue weighted by Crippen LogP contribution is -2.39. The van der Waals surface area contributed by atoms with Gasteiger partial charge in [0, 0.05) is 32.3 Å². The molecule has 1 atom stereocenters. The zero-order valence-electron chi connectivity index (χ0n) is 13.0. The maximum absolute atomic E-state index is 12.6. The van der Waals surface area contributed by atoms with Crippen molar-refractivity contribution in [1.82, 2.24) is 24.8 Å². The Hall–Kier alpha value is -2.18. The molecule has 2 aromatic heterocycles. The lowest BCUT2D eigenvalue weighted by atomic mass is 9.97. The summed E-state index contributed by atoms with van der Waals surface area (Å²) in [7, 11) is 0. The highest BCUT2D eigenvalue weighted by molar-refractivity contribution is 5.93. The summed E-state index contributed by atoms with van der Waals surface area (Å²) < 4.78 is 7.10. The van der Waals surface area contributed by atoms with Crippen LogP contribution in [-0.4, -0.2) is 43.8 Å². The van der Waals surface area contributed by atoms with Gasteiger partial charge in [-0.2, -0.15) is 10.1 Å². The summed E-state index contributed by atoms with van der Waals surface area (Å²) in [6.07, 6.45) is 6.12. The maximum atomic E-state index is 12.6. The van der Waals surface area contributed by atoms with Crippen LogP contribution in [0.4, 0.5) is 0 Å². The van der Waals surface area contributed by atoms with Gasteiger partial charge in [0.15, 0.2) is 5.82 Å². The zero-order valence-corrected chi connectivity index (χ0v) is 13.0. The molecule has 2 aromatic rings. The van der Waals surface area contributed by atoms with E-state index in [1.54, 1.807) is 17.1 Å². The van der Waals surface area contributed by atoms with Crippen LogP contribution in [0.1, 0.15) is 54.7 Å². The van der Waals surface area contributed by atoms with Crippen molar-refractivity contribution in [2.45, 2.75) is 45.6 Å².